The molecule has 1 fully saturated rings. The van der Waals surface area contributed by atoms with Crippen molar-refractivity contribution in [1.82, 2.24) is 0 Å². The van der Waals surface area contributed by atoms with E-state index >= 15 is 0 Å². The molecule has 0 aromatic heterocycles. The molecule has 1 atom stereocenters. The lowest BCUT2D eigenvalue weighted by Crippen LogP contribution is -2.11. The van der Waals surface area contributed by atoms with Gasteiger partial charge in [-0.15, -0.1) is 0 Å². The van der Waals surface area contributed by atoms with Gasteiger partial charge in [0.25, 0.3) is 0 Å². The second-order valence-electron chi connectivity index (χ2n) is 3.72. The first-order chi connectivity index (χ1) is 6.24. The standard InChI is InChI=1S/C11H18O2/c1-9-5-3-4-6-10(9)7-8-11(12)13-2/h10H,1,3-8H2,2H3. The van der Waals surface area contributed by atoms with Gasteiger partial charge in [-0.3, -0.25) is 4.79 Å². The highest BCUT2D eigenvalue weighted by Crippen LogP contribution is 2.31. The van der Waals surface area contributed by atoms with Crippen LogP contribution >= 0.6 is 0 Å². The summed E-state index contributed by atoms with van der Waals surface area (Å²) in [5, 5.41) is 0. The number of methoxy groups -OCH3 is 1. The van der Waals surface area contributed by atoms with Gasteiger partial charge in [-0.25, -0.2) is 0 Å². The van der Waals surface area contributed by atoms with Crippen LogP contribution in [0.1, 0.15) is 38.5 Å². The third-order valence-electron chi connectivity index (χ3n) is 2.80. The molecule has 0 aliphatic heterocycles. The fourth-order valence-corrected chi connectivity index (χ4v) is 1.89. The van der Waals surface area contributed by atoms with Gasteiger partial charge < -0.3 is 4.74 Å². The molecule has 2 heteroatoms. The normalized spacial score (nSPS) is 22.8. The minimum Gasteiger partial charge on any atom is -0.469 e. The predicted octanol–water partition coefficient (Wildman–Crippen LogP) is 2.69. The fraction of sp³-hybridized carbons (Fsp3) is 0.727. The Balaban J connectivity index is 2.26. The van der Waals surface area contributed by atoms with Gasteiger partial charge in [0.05, 0.1) is 7.11 Å². The first-order valence-corrected chi connectivity index (χ1v) is 4.98. The van der Waals surface area contributed by atoms with Crippen LogP contribution in [0.15, 0.2) is 12.2 Å². The molecule has 0 spiro atoms. The highest BCUT2D eigenvalue weighted by Gasteiger charge is 2.17. The van der Waals surface area contributed by atoms with Crippen molar-refractivity contribution in [2.45, 2.75) is 38.5 Å². The fourth-order valence-electron chi connectivity index (χ4n) is 1.89. The SMILES string of the molecule is C=C1CCCCC1CCC(=O)OC. The molecule has 0 amide bonds. The van der Waals surface area contributed by atoms with Crippen LogP contribution in [0.5, 0.6) is 0 Å². The average molecular weight is 182 g/mol. The molecule has 1 rings (SSSR count). The van der Waals surface area contributed by atoms with Crippen LogP contribution in [0.3, 0.4) is 0 Å². The van der Waals surface area contributed by atoms with E-state index < -0.39 is 0 Å². The molecule has 0 bridgehead atoms. The zero-order valence-corrected chi connectivity index (χ0v) is 8.34. The topological polar surface area (TPSA) is 26.3 Å². The van der Waals surface area contributed by atoms with Gasteiger partial charge in [-0.05, 0) is 31.6 Å². The third-order valence-corrected chi connectivity index (χ3v) is 2.80. The summed E-state index contributed by atoms with van der Waals surface area (Å²) in [7, 11) is 1.44. The number of rotatable bonds is 3. The summed E-state index contributed by atoms with van der Waals surface area (Å²) in [5.74, 6) is 0.464. The van der Waals surface area contributed by atoms with Crippen molar-refractivity contribution in [3.05, 3.63) is 12.2 Å². The van der Waals surface area contributed by atoms with Crippen LogP contribution in [0, 0.1) is 5.92 Å². The smallest absolute Gasteiger partial charge is 0.305 e. The van der Waals surface area contributed by atoms with E-state index in [0.29, 0.717) is 12.3 Å². The Kier molecular flexibility index (Phi) is 4.00. The minimum absolute atomic E-state index is 0.0987. The number of carbonyl (C=O) groups excluding carboxylic acids is 1. The van der Waals surface area contributed by atoms with Gasteiger partial charge in [0.1, 0.15) is 0 Å². The quantitative estimate of drug-likeness (QED) is 0.495. The van der Waals surface area contributed by atoms with Gasteiger partial charge in [-0.1, -0.05) is 18.6 Å². The molecule has 0 aromatic carbocycles. The zero-order valence-electron chi connectivity index (χ0n) is 8.34. The molecule has 0 heterocycles. The molecule has 0 saturated heterocycles. The van der Waals surface area contributed by atoms with Gasteiger partial charge in [0.15, 0.2) is 0 Å². The summed E-state index contributed by atoms with van der Waals surface area (Å²) in [6.07, 6.45) is 6.37. The molecule has 74 valence electrons. The highest BCUT2D eigenvalue weighted by atomic mass is 16.5. The van der Waals surface area contributed by atoms with Crippen LogP contribution in [-0.2, 0) is 9.53 Å². The summed E-state index contributed by atoms with van der Waals surface area (Å²) < 4.78 is 4.61. The van der Waals surface area contributed by atoms with E-state index in [9.17, 15) is 4.79 Å². The third kappa shape index (κ3) is 3.21. The molecule has 0 radical (unpaired) electrons. The molecule has 0 aromatic rings. The molecule has 0 N–H and O–H groups in total. The molecule has 1 saturated carbocycles. The predicted molar refractivity (Wildman–Crippen MR) is 52.3 cm³/mol. The largest absolute Gasteiger partial charge is 0.469 e. The van der Waals surface area contributed by atoms with Crippen molar-refractivity contribution in [3.63, 3.8) is 0 Å². The van der Waals surface area contributed by atoms with E-state index in [1.165, 1.54) is 31.9 Å². The first-order valence-electron chi connectivity index (χ1n) is 4.98. The van der Waals surface area contributed by atoms with Gasteiger partial charge in [0, 0.05) is 6.42 Å². The van der Waals surface area contributed by atoms with Crippen molar-refractivity contribution in [1.29, 1.82) is 0 Å². The van der Waals surface area contributed by atoms with Crippen molar-refractivity contribution in [3.8, 4) is 0 Å². The number of allylic oxidation sites excluding steroid dienone is 1. The average Bonchev–Trinajstić information content (AvgIpc) is 2.16. The Bertz CT molecular complexity index is 196. The van der Waals surface area contributed by atoms with E-state index in [0.717, 1.165) is 12.8 Å². The number of hydrogen-bond acceptors (Lipinski definition) is 2. The lowest BCUT2D eigenvalue weighted by molar-refractivity contribution is -0.140. The summed E-state index contributed by atoms with van der Waals surface area (Å²) in [5.41, 5.74) is 1.33. The van der Waals surface area contributed by atoms with Crippen LogP contribution in [0.25, 0.3) is 0 Å². The molecule has 2 nitrogen and oxygen atoms in total. The van der Waals surface area contributed by atoms with E-state index in [1.807, 2.05) is 0 Å². The summed E-state index contributed by atoms with van der Waals surface area (Å²) in [6.45, 7) is 4.05. The first kappa shape index (κ1) is 10.3. The molecule has 1 unspecified atom stereocenters. The number of ether oxygens (including phenoxy) is 1. The maximum absolute atomic E-state index is 10.9. The highest BCUT2D eigenvalue weighted by molar-refractivity contribution is 5.69. The van der Waals surface area contributed by atoms with Gasteiger partial charge in [0.2, 0.25) is 0 Å². The van der Waals surface area contributed by atoms with Gasteiger partial charge >= 0.3 is 5.97 Å². The minimum atomic E-state index is -0.0987. The Labute approximate surface area is 80.0 Å². The lowest BCUT2D eigenvalue weighted by Gasteiger charge is -2.23. The Morgan fingerprint density at radius 1 is 1.62 bits per heavy atom. The maximum Gasteiger partial charge on any atom is 0.305 e. The second-order valence-corrected chi connectivity index (χ2v) is 3.72. The van der Waals surface area contributed by atoms with E-state index in [-0.39, 0.29) is 5.97 Å². The number of hydrogen-bond donors (Lipinski definition) is 0. The zero-order chi connectivity index (χ0) is 9.68. The molecule has 13 heavy (non-hydrogen) atoms. The van der Waals surface area contributed by atoms with Crippen molar-refractivity contribution in [2.24, 2.45) is 5.92 Å². The Hall–Kier alpha value is -0.790. The van der Waals surface area contributed by atoms with Crippen molar-refractivity contribution in [2.75, 3.05) is 7.11 Å². The van der Waals surface area contributed by atoms with Crippen molar-refractivity contribution < 1.29 is 9.53 Å². The molecular formula is C11H18O2. The summed E-state index contributed by atoms with van der Waals surface area (Å²) in [4.78, 5) is 10.9. The molecular weight excluding hydrogens is 164 g/mol. The number of esters is 1. The van der Waals surface area contributed by atoms with Crippen LogP contribution in [0.2, 0.25) is 0 Å². The van der Waals surface area contributed by atoms with Crippen LogP contribution < -0.4 is 0 Å². The monoisotopic (exact) mass is 182 g/mol. The van der Waals surface area contributed by atoms with E-state index in [1.54, 1.807) is 0 Å². The van der Waals surface area contributed by atoms with E-state index in [2.05, 4.69) is 11.3 Å². The second kappa shape index (κ2) is 5.05. The van der Waals surface area contributed by atoms with E-state index in [4.69, 9.17) is 0 Å². The molecule has 1 aliphatic rings. The van der Waals surface area contributed by atoms with Crippen molar-refractivity contribution >= 4 is 5.97 Å². The van der Waals surface area contributed by atoms with Crippen LogP contribution in [0.4, 0.5) is 0 Å². The Morgan fingerprint density at radius 3 is 3.00 bits per heavy atom. The lowest BCUT2D eigenvalue weighted by atomic mass is 9.82. The number of carbonyl (C=O) groups is 1. The van der Waals surface area contributed by atoms with Crippen LogP contribution in [-0.4, -0.2) is 13.1 Å². The maximum atomic E-state index is 10.9. The molecule has 1 aliphatic carbocycles. The summed E-state index contributed by atoms with van der Waals surface area (Å²) in [6, 6.07) is 0. The Morgan fingerprint density at radius 2 is 2.38 bits per heavy atom. The summed E-state index contributed by atoms with van der Waals surface area (Å²) >= 11 is 0. The van der Waals surface area contributed by atoms with Gasteiger partial charge in [-0.2, -0.15) is 0 Å².